The van der Waals surface area contributed by atoms with Gasteiger partial charge in [-0.1, -0.05) is 0 Å². The van der Waals surface area contributed by atoms with Crippen LogP contribution < -0.4 is 5.73 Å². The Morgan fingerprint density at radius 2 is 2.18 bits per heavy atom. The highest BCUT2D eigenvalue weighted by molar-refractivity contribution is 14.1. The number of nitriles is 1. The van der Waals surface area contributed by atoms with Gasteiger partial charge in [-0.25, -0.2) is 0 Å². The molecule has 56 valence electrons. The molecule has 0 fully saturated rings. The molecule has 2 nitrogen and oxygen atoms in total. The smallest absolute Gasteiger partial charge is 0.100 e. The van der Waals surface area contributed by atoms with Gasteiger partial charge in [0, 0.05) is 13.7 Å². The number of rotatable bonds is 0. The van der Waals surface area contributed by atoms with E-state index in [0.717, 1.165) is 8.04 Å². The third-order valence-electron chi connectivity index (χ3n) is 1.21. The molecule has 0 aliphatic heterocycles. The Morgan fingerprint density at radius 1 is 1.55 bits per heavy atom. The normalized spacial score (nSPS) is 9.18. The number of anilines is 1. The summed E-state index contributed by atoms with van der Waals surface area (Å²) in [5, 5.41) is 8.62. The van der Waals surface area contributed by atoms with E-state index in [1.165, 1.54) is 0 Å². The van der Waals surface area contributed by atoms with Crippen LogP contribution in [0.4, 0.5) is 5.69 Å². The van der Waals surface area contributed by atoms with E-state index in [1.807, 2.05) is 0 Å². The molecule has 0 spiro atoms. The van der Waals surface area contributed by atoms with Gasteiger partial charge in [0.25, 0.3) is 0 Å². The molecular formula is C7H4BrIN2. The summed E-state index contributed by atoms with van der Waals surface area (Å²) in [4.78, 5) is 0. The van der Waals surface area contributed by atoms with Gasteiger partial charge in [0.1, 0.15) is 6.07 Å². The van der Waals surface area contributed by atoms with Gasteiger partial charge in [-0.3, -0.25) is 0 Å². The highest BCUT2D eigenvalue weighted by atomic mass is 127. The van der Waals surface area contributed by atoms with Gasteiger partial charge in [-0.2, -0.15) is 5.26 Å². The Balaban J connectivity index is 3.35. The van der Waals surface area contributed by atoms with Gasteiger partial charge < -0.3 is 5.73 Å². The molecule has 0 aliphatic rings. The quantitative estimate of drug-likeness (QED) is 0.589. The molecule has 2 N–H and O–H groups in total. The summed E-state index contributed by atoms with van der Waals surface area (Å²) in [6.45, 7) is 0. The van der Waals surface area contributed by atoms with Crippen LogP contribution in [0.1, 0.15) is 5.56 Å². The molecule has 0 saturated carbocycles. The van der Waals surface area contributed by atoms with Crippen molar-refractivity contribution in [2.75, 3.05) is 5.73 Å². The lowest BCUT2D eigenvalue weighted by Gasteiger charge is -1.99. The predicted molar refractivity (Wildman–Crippen MR) is 56.0 cm³/mol. The largest absolute Gasteiger partial charge is 0.398 e. The minimum absolute atomic E-state index is 0.645. The molecule has 0 aromatic heterocycles. The molecule has 0 bridgehead atoms. The van der Waals surface area contributed by atoms with Crippen molar-refractivity contribution in [3.8, 4) is 6.07 Å². The number of hydrogen-bond donors (Lipinski definition) is 1. The van der Waals surface area contributed by atoms with E-state index >= 15 is 0 Å². The maximum Gasteiger partial charge on any atom is 0.100 e. The number of hydrogen-bond acceptors (Lipinski definition) is 2. The summed E-state index contributed by atoms with van der Waals surface area (Å²) in [6, 6.07) is 5.56. The van der Waals surface area contributed by atoms with Crippen LogP contribution in [0.15, 0.2) is 16.6 Å². The van der Waals surface area contributed by atoms with Crippen molar-refractivity contribution in [1.82, 2.24) is 0 Å². The van der Waals surface area contributed by atoms with Crippen molar-refractivity contribution in [3.05, 3.63) is 25.7 Å². The summed E-state index contributed by atoms with van der Waals surface area (Å²) >= 11 is 5.32. The predicted octanol–water partition coefficient (Wildman–Crippen LogP) is 2.51. The van der Waals surface area contributed by atoms with Crippen molar-refractivity contribution < 1.29 is 0 Å². The lowest BCUT2D eigenvalue weighted by molar-refractivity contribution is 1.45. The molecular weight excluding hydrogens is 319 g/mol. The summed E-state index contributed by atoms with van der Waals surface area (Å²) in [6.07, 6.45) is 0. The van der Waals surface area contributed by atoms with E-state index in [2.05, 4.69) is 44.6 Å². The van der Waals surface area contributed by atoms with Crippen molar-refractivity contribution in [3.63, 3.8) is 0 Å². The Bertz CT molecular complexity index is 330. The van der Waals surface area contributed by atoms with E-state index < -0.39 is 0 Å². The highest BCUT2D eigenvalue weighted by Crippen LogP contribution is 2.24. The van der Waals surface area contributed by atoms with E-state index in [-0.39, 0.29) is 0 Å². The van der Waals surface area contributed by atoms with Crippen LogP contribution in [0, 0.1) is 14.9 Å². The Labute approximate surface area is 86.7 Å². The van der Waals surface area contributed by atoms with Crippen LogP contribution in [-0.4, -0.2) is 0 Å². The van der Waals surface area contributed by atoms with E-state index in [0.29, 0.717) is 11.3 Å². The maximum atomic E-state index is 8.62. The van der Waals surface area contributed by atoms with E-state index in [9.17, 15) is 0 Å². The summed E-state index contributed by atoms with van der Waals surface area (Å²) in [5.41, 5.74) is 6.89. The Morgan fingerprint density at radius 3 is 2.73 bits per heavy atom. The molecule has 11 heavy (non-hydrogen) atoms. The second-order valence-electron chi connectivity index (χ2n) is 1.97. The van der Waals surface area contributed by atoms with Crippen LogP contribution in [0.25, 0.3) is 0 Å². The van der Waals surface area contributed by atoms with Crippen LogP contribution in [0.5, 0.6) is 0 Å². The van der Waals surface area contributed by atoms with Crippen molar-refractivity contribution in [1.29, 1.82) is 5.26 Å². The Kier molecular flexibility index (Phi) is 2.73. The van der Waals surface area contributed by atoms with E-state index in [1.54, 1.807) is 12.1 Å². The zero-order valence-electron chi connectivity index (χ0n) is 5.44. The van der Waals surface area contributed by atoms with Crippen LogP contribution >= 0.6 is 38.5 Å². The molecule has 0 atom stereocenters. The zero-order chi connectivity index (χ0) is 8.43. The first-order chi connectivity index (χ1) is 5.15. The molecule has 0 aliphatic carbocycles. The number of benzene rings is 1. The maximum absolute atomic E-state index is 8.62. The number of nitrogen functional groups attached to an aromatic ring is 1. The molecule has 1 aromatic carbocycles. The lowest BCUT2D eigenvalue weighted by Crippen LogP contribution is -1.90. The first-order valence-corrected chi connectivity index (χ1v) is 4.67. The first-order valence-electron chi connectivity index (χ1n) is 2.79. The fourth-order valence-electron chi connectivity index (χ4n) is 0.648. The number of halogens is 2. The minimum Gasteiger partial charge on any atom is -0.398 e. The standard InChI is InChI=1S/C7H4BrIN2/c8-5-1-4(3-10)6(9)2-7(5)11/h1-2H,11H2. The molecule has 0 heterocycles. The molecule has 4 heteroatoms. The van der Waals surface area contributed by atoms with Crippen molar-refractivity contribution in [2.45, 2.75) is 0 Å². The van der Waals surface area contributed by atoms with Crippen LogP contribution in [-0.2, 0) is 0 Å². The average Bonchev–Trinajstić information content (AvgIpc) is 1.97. The summed E-state index contributed by atoms with van der Waals surface area (Å²) < 4.78 is 1.65. The Hall–Kier alpha value is -0.280. The molecule has 1 aromatic rings. The second-order valence-corrected chi connectivity index (χ2v) is 3.98. The van der Waals surface area contributed by atoms with Gasteiger partial charge in [-0.05, 0) is 50.7 Å². The molecule has 0 unspecified atom stereocenters. The third-order valence-corrected chi connectivity index (χ3v) is 2.79. The van der Waals surface area contributed by atoms with Crippen LogP contribution in [0.2, 0.25) is 0 Å². The molecule has 0 radical (unpaired) electrons. The van der Waals surface area contributed by atoms with Crippen LogP contribution in [0.3, 0.4) is 0 Å². The van der Waals surface area contributed by atoms with Gasteiger partial charge in [0.2, 0.25) is 0 Å². The fourth-order valence-corrected chi connectivity index (χ4v) is 1.60. The monoisotopic (exact) mass is 322 g/mol. The molecule has 0 amide bonds. The third kappa shape index (κ3) is 1.84. The zero-order valence-corrected chi connectivity index (χ0v) is 9.18. The lowest BCUT2D eigenvalue weighted by atomic mass is 10.2. The van der Waals surface area contributed by atoms with E-state index in [4.69, 9.17) is 11.0 Å². The fraction of sp³-hybridized carbons (Fsp3) is 0. The van der Waals surface area contributed by atoms with Crippen molar-refractivity contribution >= 4 is 44.2 Å². The van der Waals surface area contributed by atoms with Crippen molar-refractivity contribution in [2.24, 2.45) is 0 Å². The van der Waals surface area contributed by atoms with Gasteiger partial charge in [0.15, 0.2) is 0 Å². The van der Waals surface area contributed by atoms with Gasteiger partial charge >= 0.3 is 0 Å². The highest BCUT2D eigenvalue weighted by Gasteiger charge is 2.02. The van der Waals surface area contributed by atoms with Gasteiger partial charge in [-0.15, -0.1) is 0 Å². The molecule has 0 saturated heterocycles. The minimum atomic E-state index is 0.645. The summed E-state index contributed by atoms with van der Waals surface area (Å²) in [5.74, 6) is 0. The number of nitrogens with two attached hydrogens (primary N) is 1. The first kappa shape index (κ1) is 8.81. The average molecular weight is 323 g/mol. The summed E-state index contributed by atoms with van der Waals surface area (Å²) in [7, 11) is 0. The number of nitrogens with zero attached hydrogens (tertiary/aromatic N) is 1. The van der Waals surface area contributed by atoms with Gasteiger partial charge in [0.05, 0.1) is 5.56 Å². The SMILES string of the molecule is N#Cc1cc(Br)c(N)cc1I. The second kappa shape index (κ2) is 3.41. The molecule has 1 rings (SSSR count). The topological polar surface area (TPSA) is 49.8 Å².